The summed E-state index contributed by atoms with van der Waals surface area (Å²) in [5.74, 6) is -0.172. The molecule has 0 bridgehead atoms. The lowest BCUT2D eigenvalue weighted by Crippen LogP contribution is -2.39. The zero-order chi connectivity index (χ0) is 12.0. The van der Waals surface area contributed by atoms with Crippen LogP contribution in [0.5, 0.6) is 0 Å². The summed E-state index contributed by atoms with van der Waals surface area (Å²) in [6, 6.07) is 0. The molecule has 1 aromatic heterocycles. The Morgan fingerprint density at radius 3 is 2.69 bits per heavy atom. The number of nitrogens with zero attached hydrogens (tertiary/aromatic N) is 2. The molecule has 0 radical (unpaired) electrons. The van der Waals surface area contributed by atoms with Crippen molar-refractivity contribution < 1.29 is 4.79 Å². The number of aromatic amines is 1. The highest BCUT2D eigenvalue weighted by atomic mass is 32.2. The van der Waals surface area contributed by atoms with Crippen LogP contribution in [0.15, 0.2) is 6.20 Å². The smallest absolute Gasteiger partial charge is 0.273 e. The number of H-pyrrole nitrogens is 1. The van der Waals surface area contributed by atoms with Crippen LogP contribution < -0.4 is 5.32 Å². The Hall–Kier alpha value is -1.04. The first-order valence-corrected chi connectivity index (χ1v) is 6.59. The third kappa shape index (κ3) is 2.98. The maximum absolute atomic E-state index is 11.7. The van der Waals surface area contributed by atoms with Crippen LogP contribution in [0.25, 0.3) is 0 Å². The largest absolute Gasteiger partial charge is 0.349 e. The van der Waals surface area contributed by atoms with E-state index in [0.717, 1.165) is 12.8 Å². The highest BCUT2D eigenvalue weighted by molar-refractivity contribution is 8.00. The van der Waals surface area contributed by atoms with Crippen LogP contribution in [0.2, 0.25) is 0 Å². The Balaban J connectivity index is 2.53. The van der Waals surface area contributed by atoms with Crippen molar-refractivity contribution in [2.45, 2.75) is 31.4 Å². The Morgan fingerprint density at radius 2 is 2.25 bits per heavy atom. The van der Waals surface area contributed by atoms with Crippen molar-refractivity contribution in [3.63, 3.8) is 0 Å². The quantitative estimate of drug-likeness (QED) is 0.792. The second-order valence-electron chi connectivity index (χ2n) is 3.63. The van der Waals surface area contributed by atoms with E-state index >= 15 is 0 Å². The van der Waals surface area contributed by atoms with Crippen LogP contribution in [0, 0.1) is 0 Å². The van der Waals surface area contributed by atoms with E-state index in [1.54, 1.807) is 11.8 Å². The highest BCUT2D eigenvalue weighted by Gasteiger charge is 2.25. The minimum absolute atomic E-state index is 0.124. The summed E-state index contributed by atoms with van der Waals surface area (Å²) in [4.78, 5) is 11.7. The molecule has 0 aliphatic heterocycles. The minimum atomic E-state index is -0.172. The molecule has 5 nitrogen and oxygen atoms in total. The van der Waals surface area contributed by atoms with Gasteiger partial charge in [0, 0.05) is 11.3 Å². The SMILES string of the molecule is CCC(CC)(CNC(=O)c1cn[nH]n1)SC. The number of carbonyl (C=O) groups is 1. The number of rotatable bonds is 6. The summed E-state index contributed by atoms with van der Waals surface area (Å²) >= 11 is 1.80. The summed E-state index contributed by atoms with van der Waals surface area (Å²) in [7, 11) is 0. The van der Waals surface area contributed by atoms with Gasteiger partial charge >= 0.3 is 0 Å². The van der Waals surface area contributed by atoms with Gasteiger partial charge in [-0.3, -0.25) is 4.79 Å². The number of nitrogens with one attached hydrogen (secondary N) is 2. The van der Waals surface area contributed by atoms with E-state index < -0.39 is 0 Å². The number of aromatic nitrogens is 3. The van der Waals surface area contributed by atoms with Crippen LogP contribution in [0.1, 0.15) is 37.2 Å². The van der Waals surface area contributed by atoms with E-state index in [1.807, 2.05) is 0 Å². The Morgan fingerprint density at radius 1 is 1.56 bits per heavy atom. The van der Waals surface area contributed by atoms with Gasteiger partial charge in [0.05, 0.1) is 6.20 Å². The van der Waals surface area contributed by atoms with E-state index in [1.165, 1.54) is 6.20 Å². The van der Waals surface area contributed by atoms with Gasteiger partial charge in [-0.05, 0) is 19.1 Å². The molecule has 2 N–H and O–H groups in total. The fourth-order valence-corrected chi connectivity index (χ4v) is 2.30. The van der Waals surface area contributed by atoms with Gasteiger partial charge < -0.3 is 5.32 Å². The molecule has 6 heteroatoms. The minimum Gasteiger partial charge on any atom is -0.349 e. The molecule has 90 valence electrons. The summed E-state index contributed by atoms with van der Waals surface area (Å²) in [5, 5.41) is 12.7. The van der Waals surface area contributed by atoms with Crippen LogP contribution in [0.4, 0.5) is 0 Å². The van der Waals surface area contributed by atoms with Crippen LogP contribution >= 0.6 is 11.8 Å². The Labute approximate surface area is 99.8 Å². The summed E-state index contributed by atoms with van der Waals surface area (Å²) in [6.45, 7) is 4.94. The maximum Gasteiger partial charge on any atom is 0.273 e. The first-order chi connectivity index (χ1) is 7.67. The van der Waals surface area contributed by atoms with Gasteiger partial charge in [-0.25, -0.2) is 0 Å². The zero-order valence-corrected chi connectivity index (χ0v) is 10.7. The Bertz CT molecular complexity index is 313. The molecule has 0 fully saturated rings. The number of hydrogen-bond acceptors (Lipinski definition) is 4. The van der Waals surface area contributed by atoms with Crippen molar-refractivity contribution in [1.82, 2.24) is 20.7 Å². The molecule has 0 atom stereocenters. The molecule has 0 aliphatic carbocycles. The van der Waals surface area contributed by atoms with Crippen LogP contribution in [-0.4, -0.2) is 38.9 Å². The van der Waals surface area contributed by atoms with E-state index in [9.17, 15) is 4.79 Å². The fraction of sp³-hybridized carbons (Fsp3) is 0.700. The van der Waals surface area contributed by atoms with Crippen molar-refractivity contribution in [1.29, 1.82) is 0 Å². The number of amides is 1. The molecule has 16 heavy (non-hydrogen) atoms. The van der Waals surface area contributed by atoms with Crippen molar-refractivity contribution >= 4 is 17.7 Å². The number of thioether (sulfide) groups is 1. The Kier molecular flexibility index (Phi) is 4.79. The molecule has 1 amide bonds. The summed E-state index contributed by atoms with van der Waals surface area (Å²) in [6.07, 6.45) is 5.57. The molecule has 0 spiro atoms. The lowest BCUT2D eigenvalue weighted by Gasteiger charge is -2.29. The van der Waals surface area contributed by atoms with Crippen molar-refractivity contribution in [3.8, 4) is 0 Å². The molecular formula is C10H18N4OS. The molecule has 0 saturated carbocycles. The second kappa shape index (κ2) is 5.89. The van der Waals surface area contributed by atoms with E-state index in [4.69, 9.17) is 0 Å². The maximum atomic E-state index is 11.7. The molecule has 0 aromatic carbocycles. The fourth-order valence-electron chi connectivity index (χ4n) is 1.50. The monoisotopic (exact) mass is 242 g/mol. The highest BCUT2D eigenvalue weighted by Crippen LogP contribution is 2.29. The number of hydrogen-bond donors (Lipinski definition) is 2. The molecular weight excluding hydrogens is 224 g/mol. The molecule has 0 saturated heterocycles. The topological polar surface area (TPSA) is 70.7 Å². The molecule has 1 aromatic rings. The molecule has 1 heterocycles. The van der Waals surface area contributed by atoms with Gasteiger partial charge in [0.2, 0.25) is 0 Å². The van der Waals surface area contributed by atoms with Crippen molar-refractivity contribution in [2.24, 2.45) is 0 Å². The predicted octanol–water partition coefficient (Wildman–Crippen LogP) is 1.46. The van der Waals surface area contributed by atoms with Gasteiger partial charge in [-0.2, -0.15) is 27.2 Å². The van der Waals surface area contributed by atoms with Gasteiger partial charge in [0.25, 0.3) is 5.91 Å². The average Bonchev–Trinajstić information content (AvgIpc) is 2.85. The first kappa shape index (κ1) is 13.0. The predicted molar refractivity (Wildman–Crippen MR) is 65.5 cm³/mol. The van der Waals surface area contributed by atoms with Gasteiger partial charge in [0.1, 0.15) is 0 Å². The summed E-state index contributed by atoms with van der Waals surface area (Å²) in [5.41, 5.74) is 0.335. The van der Waals surface area contributed by atoms with Crippen molar-refractivity contribution in [2.75, 3.05) is 12.8 Å². The van der Waals surface area contributed by atoms with E-state index in [0.29, 0.717) is 12.2 Å². The lowest BCUT2D eigenvalue weighted by atomic mass is 10.0. The van der Waals surface area contributed by atoms with Gasteiger partial charge in [-0.1, -0.05) is 13.8 Å². The normalized spacial score (nSPS) is 11.4. The zero-order valence-electron chi connectivity index (χ0n) is 9.91. The van der Waals surface area contributed by atoms with Gasteiger partial charge in [-0.15, -0.1) is 0 Å². The van der Waals surface area contributed by atoms with Crippen LogP contribution in [-0.2, 0) is 0 Å². The van der Waals surface area contributed by atoms with Crippen molar-refractivity contribution in [3.05, 3.63) is 11.9 Å². The third-order valence-corrected chi connectivity index (χ3v) is 4.53. The molecule has 1 rings (SSSR count). The van der Waals surface area contributed by atoms with Crippen LogP contribution in [0.3, 0.4) is 0 Å². The van der Waals surface area contributed by atoms with E-state index in [2.05, 4.69) is 40.8 Å². The number of carbonyl (C=O) groups excluding carboxylic acids is 1. The summed E-state index contributed by atoms with van der Waals surface area (Å²) < 4.78 is 0.124. The molecule has 0 aliphatic rings. The lowest BCUT2D eigenvalue weighted by molar-refractivity contribution is 0.0944. The average molecular weight is 242 g/mol. The standard InChI is InChI=1S/C10H18N4OS/c1-4-10(5-2,16-3)7-11-9(15)8-6-12-14-13-8/h6H,4-5,7H2,1-3H3,(H,11,15)(H,12,13,14). The second-order valence-corrected chi connectivity index (χ2v) is 4.91. The first-order valence-electron chi connectivity index (χ1n) is 5.36. The van der Waals surface area contributed by atoms with E-state index in [-0.39, 0.29) is 10.7 Å². The molecule has 0 unspecified atom stereocenters. The van der Waals surface area contributed by atoms with Gasteiger partial charge in [0.15, 0.2) is 5.69 Å². The third-order valence-electron chi connectivity index (χ3n) is 2.94.